The van der Waals surface area contributed by atoms with E-state index in [-0.39, 0.29) is 11.5 Å². The predicted molar refractivity (Wildman–Crippen MR) is 116 cm³/mol. The van der Waals surface area contributed by atoms with E-state index in [9.17, 15) is 9.59 Å². The Bertz CT molecular complexity index is 1180. The van der Waals surface area contributed by atoms with Crippen LogP contribution in [-0.4, -0.2) is 46.8 Å². The SMILES string of the molecule is O=C(Nc1ccc(-c2n[nH]c(=O)c3ccccc23)cc1)C1=CN(C2CCNC2)NC1. The lowest BCUT2D eigenvalue weighted by molar-refractivity contribution is -0.112. The zero-order valence-electron chi connectivity index (χ0n) is 16.3. The first-order valence-electron chi connectivity index (χ1n) is 10.0. The lowest BCUT2D eigenvalue weighted by Crippen LogP contribution is -2.39. The lowest BCUT2D eigenvalue weighted by atomic mass is 10.0. The molecular formula is C22H22N6O2. The predicted octanol–water partition coefficient (Wildman–Crippen LogP) is 1.59. The number of aromatic nitrogens is 2. The first-order chi connectivity index (χ1) is 14.7. The second kappa shape index (κ2) is 7.74. The van der Waals surface area contributed by atoms with Crippen LogP contribution in [0, 0.1) is 0 Å². The number of fused-ring (bicyclic) bond motifs is 1. The number of hydrogen-bond donors (Lipinski definition) is 4. The number of carbonyl (C=O) groups excluding carboxylic acids is 1. The fourth-order valence-electron chi connectivity index (χ4n) is 3.94. The van der Waals surface area contributed by atoms with Gasteiger partial charge in [-0.3, -0.25) is 9.59 Å². The summed E-state index contributed by atoms with van der Waals surface area (Å²) in [6, 6.07) is 15.2. The van der Waals surface area contributed by atoms with E-state index in [0.29, 0.717) is 34.9 Å². The largest absolute Gasteiger partial charge is 0.322 e. The molecule has 2 aromatic carbocycles. The molecule has 30 heavy (non-hydrogen) atoms. The molecular weight excluding hydrogens is 380 g/mol. The van der Waals surface area contributed by atoms with Crippen LogP contribution >= 0.6 is 0 Å². The first kappa shape index (κ1) is 18.5. The number of hydrazine groups is 1. The second-order valence-corrected chi connectivity index (χ2v) is 7.52. The van der Waals surface area contributed by atoms with Crippen LogP contribution in [0.15, 0.2) is 65.1 Å². The topological polar surface area (TPSA) is 102 Å². The van der Waals surface area contributed by atoms with Gasteiger partial charge in [0.1, 0.15) is 0 Å². The third-order valence-corrected chi connectivity index (χ3v) is 5.58. The fourth-order valence-corrected chi connectivity index (χ4v) is 3.94. The van der Waals surface area contributed by atoms with Gasteiger partial charge >= 0.3 is 0 Å². The maximum absolute atomic E-state index is 12.6. The number of H-pyrrole nitrogens is 1. The Morgan fingerprint density at radius 3 is 2.67 bits per heavy atom. The van der Waals surface area contributed by atoms with Crippen LogP contribution in [0.5, 0.6) is 0 Å². The highest BCUT2D eigenvalue weighted by Crippen LogP contribution is 2.25. The van der Waals surface area contributed by atoms with Gasteiger partial charge in [0.25, 0.3) is 11.5 Å². The lowest BCUT2D eigenvalue weighted by Gasteiger charge is -2.22. The molecule has 2 aliphatic rings. The highest BCUT2D eigenvalue weighted by molar-refractivity contribution is 6.04. The smallest absolute Gasteiger partial charge is 0.272 e. The van der Waals surface area contributed by atoms with E-state index in [1.54, 1.807) is 6.07 Å². The van der Waals surface area contributed by atoms with Gasteiger partial charge in [0.2, 0.25) is 0 Å². The van der Waals surface area contributed by atoms with Crippen LogP contribution < -0.4 is 21.6 Å². The molecule has 0 bridgehead atoms. The summed E-state index contributed by atoms with van der Waals surface area (Å²) in [4.78, 5) is 24.6. The maximum atomic E-state index is 12.6. The molecule has 2 aliphatic heterocycles. The van der Waals surface area contributed by atoms with Crippen LogP contribution in [0.4, 0.5) is 5.69 Å². The molecule has 3 heterocycles. The summed E-state index contributed by atoms with van der Waals surface area (Å²) in [5.74, 6) is -0.115. The van der Waals surface area contributed by atoms with Crippen molar-refractivity contribution in [1.29, 1.82) is 0 Å². The number of amides is 1. The van der Waals surface area contributed by atoms with Crippen molar-refractivity contribution >= 4 is 22.4 Å². The van der Waals surface area contributed by atoms with Gasteiger partial charge in [0.15, 0.2) is 0 Å². The van der Waals surface area contributed by atoms with Gasteiger partial charge in [-0.25, -0.2) is 10.5 Å². The molecule has 5 rings (SSSR count). The molecule has 1 unspecified atom stereocenters. The Hall–Kier alpha value is -3.49. The van der Waals surface area contributed by atoms with Gasteiger partial charge in [0.05, 0.1) is 22.7 Å². The molecule has 8 heteroatoms. The minimum Gasteiger partial charge on any atom is -0.322 e. The zero-order chi connectivity index (χ0) is 20.5. The van der Waals surface area contributed by atoms with Crippen LogP contribution in [-0.2, 0) is 4.79 Å². The number of nitrogens with one attached hydrogen (secondary N) is 4. The van der Waals surface area contributed by atoms with Crippen molar-refractivity contribution in [3.8, 4) is 11.3 Å². The molecule has 3 aromatic rings. The van der Waals surface area contributed by atoms with Crippen molar-refractivity contribution in [1.82, 2.24) is 25.9 Å². The van der Waals surface area contributed by atoms with Gasteiger partial charge in [-0.15, -0.1) is 0 Å². The Morgan fingerprint density at radius 2 is 1.90 bits per heavy atom. The summed E-state index contributed by atoms with van der Waals surface area (Å²) in [5.41, 5.74) is 6.04. The van der Waals surface area contributed by atoms with E-state index in [1.165, 1.54) is 0 Å². The Morgan fingerprint density at radius 1 is 1.10 bits per heavy atom. The average Bonchev–Trinajstić information content (AvgIpc) is 3.47. The summed E-state index contributed by atoms with van der Waals surface area (Å²) in [5, 5.41) is 16.5. The highest BCUT2D eigenvalue weighted by atomic mass is 16.2. The molecule has 8 nitrogen and oxygen atoms in total. The minimum atomic E-state index is -0.209. The molecule has 1 saturated heterocycles. The quantitative estimate of drug-likeness (QED) is 0.529. The monoisotopic (exact) mass is 402 g/mol. The van der Waals surface area contributed by atoms with Gasteiger partial charge in [-0.1, -0.05) is 30.3 Å². The van der Waals surface area contributed by atoms with E-state index < -0.39 is 0 Å². The molecule has 4 N–H and O–H groups in total. The van der Waals surface area contributed by atoms with Gasteiger partial charge in [0, 0.05) is 35.9 Å². The summed E-state index contributed by atoms with van der Waals surface area (Å²) in [7, 11) is 0. The van der Waals surface area contributed by atoms with Crippen molar-refractivity contribution in [3.63, 3.8) is 0 Å². The Labute approximate surface area is 172 Å². The van der Waals surface area contributed by atoms with Crippen molar-refractivity contribution in [2.45, 2.75) is 12.5 Å². The molecule has 1 aromatic heterocycles. The van der Waals surface area contributed by atoms with Crippen molar-refractivity contribution in [2.24, 2.45) is 0 Å². The summed E-state index contributed by atoms with van der Waals surface area (Å²) in [6.45, 7) is 2.45. The molecule has 152 valence electrons. The Balaban J connectivity index is 1.33. The van der Waals surface area contributed by atoms with Gasteiger partial charge in [-0.2, -0.15) is 5.10 Å². The van der Waals surface area contributed by atoms with E-state index in [2.05, 4.69) is 26.3 Å². The first-order valence-corrected chi connectivity index (χ1v) is 10.0. The third-order valence-electron chi connectivity index (χ3n) is 5.58. The van der Waals surface area contributed by atoms with Crippen molar-refractivity contribution in [2.75, 3.05) is 25.0 Å². The van der Waals surface area contributed by atoms with Gasteiger partial charge in [-0.05, 0) is 31.2 Å². The van der Waals surface area contributed by atoms with Crippen LogP contribution in [0.3, 0.4) is 0 Å². The van der Waals surface area contributed by atoms with Crippen LogP contribution in [0.1, 0.15) is 6.42 Å². The zero-order valence-corrected chi connectivity index (χ0v) is 16.3. The number of nitrogens with zero attached hydrogens (tertiary/aromatic N) is 2. The number of aromatic amines is 1. The molecule has 0 spiro atoms. The van der Waals surface area contributed by atoms with E-state index in [1.807, 2.05) is 53.7 Å². The second-order valence-electron chi connectivity index (χ2n) is 7.52. The number of benzene rings is 2. The number of hydrogen-bond acceptors (Lipinski definition) is 6. The third kappa shape index (κ3) is 3.47. The van der Waals surface area contributed by atoms with E-state index in [4.69, 9.17) is 0 Å². The number of carbonyl (C=O) groups is 1. The highest BCUT2D eigenvalue weighted by Gasteiger charge is 2.26. The molecule has 1 atom stereocenters. The van der Waals surface area contributed by atoms with E-state index >= 15 is 0 Å². The van der Waals surface area contributed by atoms with Crippen LogP contribution in [0.25, 0.3) is 22.0 Å². The van der Waals surface area contributed by atoms with Crippen molar-refractivity contribution in [3.05, 3.63) is 70.7 Å². The van der Waals surface area contributed by atoms with Crippen LogP contribution in [0.2, 0.25) is 0 Å². The molecule has 1 fully saturated rings. The molecule has 0 radical (unpaired) electrons. The maximum Gasteiger partial charge on any atom is 0.272 e. The number of rotatable bonds is 4. The summed E-state index contributed by atoms with van der Waals surface area (Å²) in [6.07, 6.45) is 2.96. The molecule has 1 amide bonds. The Kier molecular flexibility index (Phi) is 4.78. The molecule has 0 saturated carbocycles. The van der Waals surface area contributed by atoms with Crippen molar-refractivity contribution < 1.29 is 4.79 Å². The normalized spacial score (nSPS) is 18.6. The minimum absolute atomic E-state index is 0.115. The fraction of sp³-hybridized carbons (Fsp3) is 0.227. The average molecular weight is 402 g/mol. The summed E-state index contributed by atoms with van der Waals surface area (Å²) < 4.78 is 0. The van der Waals surface area contributed by atoms with E-state index in [0.717, 1.165) is 30.5 Å². The molecule has 0 aliphatic carbocycles. The standard InChI is InChI=1S/C22H22N6O2/c29-21(15-11-24-28(13-15)17-9-10-23-12-17)25-16-7-5-14(6-8-16)20-18-3-1-2-4-19(18)22(30)27-26-20/h1-8,13,17,23-24H,9-12H2,(H,25,29)(H,27,30). The number of anilines is 1. The summed E-state index contributed by atoms with van der Waals surface area (Å²) >= 11 is 0. The van der Waals surface area contributed by atoms with Gasteiger partial charge < -0.3 is 15.6 Å².